The number of hydrogen-bond acceptors (Lipinski definition) is 5. The number of nitrogens with zero attached hydrogens (tertiary/aromatic N) is 1. The van der Waals surface area contributed by atoms with Crippen LogP contribution in [0.5, 0.6) is 5.75 Å². The summed E-state index contributed by atoms with van der Waals surface area (Å²) < 4.78 is 17.1. The number of oxazole rings is 1. The van der Waals surface area contributed by atoms with Gasteiger partial charge in [-0.1, -0.05) is 46.8 Å². The number of aryl methyl sites for hydroxylation is 1. The highest BCUT2D eigenvalue weighted by atomic mass is 16.5. The van der Waals surface area contributed by atoms with E-state index in [2.05, 4.69) is 59.7 Å². The highest BCUT2D eigenvalue weighted by Crippen LogP contribution is 2.40. The summed E-state index contributed by atoms with van der Waals surface area (Å²) in [4.78, 5) is 16.9. The number of carbonyl (C=O) groups is 1. The van der Waals surface area contributed by atoms with Crippen LogP contribution in [0.4, 0.5) is 0 Å². The van der Waals surface area contributed by atoms with Gasteiger partial charge < -0.3 is 13.9 Å². The summed E-state index contributed by atoms with van der Waals surface area (Å²) >= 11 is 0. The second kappa shape index (κ2) is 10.3. The average Bonchev–Trinajstić information content (AvgIpc) is 3.20. The quantitative estimate of drug-likeness (QED) is 0.400. The van der Waals surface area contributed by atoms with E-state index in [-0.39, 0.29) is 16.8 Å². The maximum atomic E-state index is 12.1. The molecule has 1 heterocycles. The molecule has 1 unspecified atom stereocenters. The Morgan fingerprint density at radius 3 is 2.39 bits per heavy atom. The Labute approximate surface area is 187 Å². The number of esters is 1. The van der Waals surface area contributed by atoms with Crippen LogP contribution in [0.1, 0.15) is 96.4 Å². The number of aromatic nitrogens is 1. The molecule has 5 heteroatoms. The monoisotopic (exact) mass is 429 g/mol. The zero-order valence-corrected chi connectivity index (χ0v) is 20.5. The van der Waals surface area contributed by atoms with Gasteiger partial charge in [-0.2, -0.15) is 0 Å². The van der Waals surface area contributed by atoms with E-state index in [0.717, 1.165) is 36.1 Å². The van der Waals surface area contributed by atoms with Gasteiger partial charge in [0, 0.05) is 0 Å². The molecular weight excluding hydrogens is 390 g/mol. The third-order valence-corrected chi connectivity index (χ3v) is 6.06. The van der Waals surface area contributed by atoms with E-state index in [1.165, 1.54) is 0 Å². The van der Waals surface area contributed by atoms with Gasteiger partial charge in [-0.3, -0.25) is 4.79 Å². The molecular formula is C26H39NO4. The van der Waals surface area contributed by atoms with Crippen molar-refractivity contribution in [3.63, 3.8) is 0 Å². The Balaban J connectivity index is 2.30. The van der Waals surface area contributed by atoms with Gasteiger partial charge in [-0.05, 0) is 62.6 Å². The van der Waals surface area contributed by atoms with Crippen LogP contribution in [-0.4, -0.2) is 24.2 Å². The fourth-order valence-corrected chi connectivity index (χ4v) is 3.75. The van der Waals surface area contributed by atoms with Crippen molar-refractivity contribution in [2.45, 2.75) is 86.0 Å². The first-order valence-electron chi connectivity index (χ1n) is 11.4. The fourth-order valence-electron chi connectivity index (χ4n) is 3.75. The second-order valence-corrected chi connectivity index (χ2v) is 9.48. The van der Waals surface area contributed by atoms with Crippen molar-refractivity contribution in [1.82, 2.24) is 4.98 Å². The Bertz CT molecular complexity index is 859. The van der Waals surface area contributed by atoms with E-state index in [1.807, 2.05) is 0 Å². The molecule has 1 aromatic heterocycles. The highest BCUT2D eigenvalue weighted by Gasteiger charge is 2.37. The van der Waals surface area contributed by atoms with Crippen molar-refractivity contribution in [1.29, 1.82) is 0 Å². The van der Waals surface area contributed by atoms with Gasteiger partial charge in [0.25, 0.3) is 0 Å². The molecule has 172 valence electrons. The van der Waals surface area contributed by atoms with Crippen LogP contribution < -0.4 is 4.74 Å². The van der Waals surface area contributed by atoms with Crippen LogP contribution in [0.15, 0.2) is 28.9 Å². The van der Waals surface area contributed by atoms with Crippen molar-refractivity contribution >= 4 is 5.97 Å². The zero-order chi connectivity index (χ0) is 23.2. The summed E-state index contributed by atoms with van der Waals surface area (Å²) in [6, 6.07) is 6.35. The smallest absolute Gasteiger partial charge is 0.314 e. The van der Waals surface area contributed by atoms with Gasteiger partial charge >= 0.3 is 5.97 Å². The molecule has 0 saturated carbocycles. The van der Waals surface area contributed by atoms with Crippen molar-refractivity contribution < 1.29 is 18.7 Å². The third-order valence-electron chi connectivity index (χ3n) is 6.06. The van der Waals surface area contributed by atoms with E-state index in [1.54, 1.807) is 20.1 Å². The molecule has 0 aliphatic carbocycles. The van der Waals surface area contributed by atoms with E-state index in [9.17, 15) is 4.79 Å². The van der Waals surface area contributed by atoms with Gasteiger partial charge in [0.05, 0.1) is 30.2 Å². The minimum absolute atomic E-state index is 0.247. The minimum atomic E-state index is -0.454. The Hall–Kier alpha value is -2.30. The van der Waals surface area contributed by atoms with Crippen molar-refractivity contribution in [3.8, 4) is 5.75 Å². The summed E-state index contributed by atoms with van der Waals surface area (Å²) in [5.74, 6) is 0.820. The molecule has 0 aliphatic heterocycles. The normalized spacial score (nSPS) is 13.2. The number of benzene rings is 1. The fraction of sp³-hybridized carbons (Fsp3) is 0.615. The van der Waals surface area contributed by atoms with E-state index in [4.69, 9.17) is 18.9 Å². The Morgan fingerprint density at radius 1 is 1.16 bits per heavy atom. The summed E-state index contributed by atoms with van der Waals surface area (Å²) in [6.45, 7) is 17.7. The molecule has 0 radical (unpaired) electrons. The Kier molecular flexibility index (Phi) is 8.33. The molecule has 2 aromatic rings. The largest absolute Gasteiger partial charge is 0.493 e. The molecule has 0 N–H and O–H groups in total. The maximum Gasteiger partial charge on any atom is 0.314 e. The van der Waals surface area contributed by atoms with Gasteiger partial charge in [-0.15, -0.1) is 0 Å². The lowest BCUT2D eigenvalue weighted by atomic mass is 9.75. The molecule has 1 aromatic carbocycles. The van der Waals surface area contributed by atoms with Crippen LogP contribution in [0.3, 0.4) is 0 Å². The van der Waals surface area contributed by atoms with Crippen LogP contribution in [0.2, 0.25) is 0 Å². The van der Waals surface area contributed by atoms with Gasteiger partial charge in [0.1, 0.15) is 12.0 Å². The SMILES string of the molecule is CCOC(=O)C(C)c1coc(C(CC)(CC)c2ccc(OCCC(C)(C)C)c(C)c2)n1. The van der Waals surface area contributed by atoms with Crippen LogP contribution >= 0.6 is 0 Å². The van der Waals surface area contributed by atoms with Crippen LogP contribution in [0, 0.1) is 12.3 Å². The molecule has 2 rings (SSSR count). The molecule has 0 spiro atoms. The van der Waals surface area contributed by atoms with Crippen molar-refractivity contribution in [3.05, 3.63) is 47.2 Å². The number of rotatable bonds is 10. The summed E-state index contributed by atoms with van der Waals surface area (Å²) in [6.07, 6.45) is 4.26. The first-order chi connectivity index (χ1) is 14.6. The average molecular weight is 430 g/mol. The summed E-state index contributed by atoms with van der Waals surface area (Å²) in [5, 5.41) is 0. The second-order valence-electron chi connectivity index (χ2n) is 9.48. The molecule has 1 atom stereocenters. The minimum Gasteiger partial charge on any atom is -0.493 e. The number of carbonyl (C=O) groups excluding carboxylic acids is 1. The predicted molar refractivity (Wildman–Crippen MR) is 124 cm³/mol. The van der Waals surface area contributed by atoms with Crippen molar-refractivity contribution in [2.75, 3.05) is 13.2 Å². The summed E-state index contributed by atoms with van der Waals surface area (Å²) in [7, 11) is 0. The first-order valence-corrected chi connectivity index (χ1v) is 11.4. The van der Waals surface area contributed by atoms with Gasteiger partial charge in [-0.25, -0.2) is 4.98 Å². The van der Waals surface area contributed by atoms with E-state index in [0.29, 0.717) is 24.8 Å². The molecule has 0 amide bonds. The molecule has 0 bridgehead atoms. The lowest BCUT2D eigenvalue weighted by molar-refractivity contribution is -0.144. The zero-order valence-electron chi connectivity index (χ0n) is 20.5. The van der Waals surface area contributed by atoms with Crippen molar-refractivity contribution in [2.24, 2.45) is 5.41 Å². The predicted octanol–water partition coefficient (Wildman–Crippen LogP) is 6.57. The Morgan fingerprint density at radius 2 is 1.84 bits per heavy atom. The first kappa shape index (κ1) is 25.0. The van der Waals surface area contributed by atoms with Crippen LogP contribution in [0.25, 0.3) is 0 Å². The maximum absolute atomic E-state index is 12.1. The number of hydrogen-bond donors (Lipinski definition) is 0. The van der Waals surface area contributed by atoms with Crippen LogP contribution in [-0.2, 0) is 14.9 Å². The number of ether oxygens (including phenoxy) is 2. The lowest BCUT2D eigenvalue weighted by Gasteiger charge is -2.29. The molecule has 0 fully saturated rings. The summed E-state index contributed by atoms with van der Waals surface area (Å²) in [5.41, 5.74) is 2.75. The standard InChI is InChI=1S/C26H39NO4/c1-9-26(10-2,24-27-21(17-31-24)19(5)23(28)29-11-3)20-12-13-22(18(4)16-20)30-15-14-25(6,7)8/h12-13,16-17,19H,9-11,14-15H2,1-8H3. The molecule has 31 heavy (non-hydrogen) atoms. The topological polar surface area (TPSA) is 61.6 Å². The molecule has 5 nitrogen and oxygen atoms in total. The molecule has 0 saturated heterocycles. The third kappa shape index (κ3) is 5.90. The lowest BCUT2D eigenvalue weighted by Crippen LogP contribution is -2.27. The van der Waals surface area contributed by atoms with Gasteiger partial charge in [0.15, 0.2) is 0 Å². The molecule has 0 aliphatic rings. The van der Waals surface area contributed by atoms with E-state index < -0.39 is 5.92 Å². The highest BCUT2D eigenvalue weighted by molar-refractivity contribution is 5.76. The van der Waals surface area contributed by atoms with E-state index >= 15 is 0 Å². The van der Waals surface area contributed by atoms with Gasteiger partial charge in [0.2, 0.25) is 5.89 Å².